The fraction of sp³-hybridized carbons (Fsp3) is 0.462. The van der Waals surface area contributed by atoms with Crippen LogP contribution in [0, 0.1) is 0 Å². The minimum atomic E-state index is -1.19. The molecule has 0 bridgehead atoms. The molecule has 0 aliphatic carbocycles. The Morgan fingerprint density at radius 3 is 2.52 bits per heavy atom. The van der Waals surface area contributed by atoms with Crippen molar-refractivity contribution in [3.05, 3.63) is 17.5 Å². The van der Waals surface area contributed by atoms with Gasteiger partial charge in [-0.2, -0.15) is 0 Å². The van der Waals surface area contributed by atoms with E-state index in [0.717, 1.165) is 0 Å². The maximum Gasteiger partial charge on any atom is 0.352 e. The number of amides is 1. The normalized spacial score (nSPS) is 10.3. The van der Waals surface area contributed by atoms with E-state index in [1.54, 1.807) is 20.9 Å². The van der Waals surface area contributed by atoms with Crippen LogP contribution in [0.25, 0.3) is 0 Å². The van der Waals surface area contributed by atoms with Crippen LogP contribution in [0.4, 0.5) is 5.69 Å². The summed E-state index contributed by atoms with van der Waals surface area (Å²) in [5.74, 6) is -2.12. The Hall–Kier alpha value is -2.51. The average Bonchev–Trinajstić information content (AvgIpc) is 2.82. The molecule has 0 spiro atoms. The van der Waals surface area contributed by atoms with Gasteiger partial charge in [0, 0.05) is 13.1 Å². The van der Waals surface area contributed by atoms with Crippen LogP contribution in [-0.4, -0.2) is 54.7 Å². The number of hydrogen-bond acceptors (Lipinski definition) is 5. The number of methoxy groups -OCH3 is 1. The fourth-order valence-electron chi connectivity index (χ4n) is 1.71. The highest BCUT2D eigenvalue weighted by Crippen LogP contribution is 2.21. The lowest BCUT2D eigenvalue weighted by molar-refractivity contribution is -0.138. The lowest BCUT2D eigenvalue weighted by Crippen LogP contribution is -2.33. The number of rotatable bonds is 6. The van der Waals surface area contributed by atoms with Crippen LogP contribution >= 0.6 is 0 Å². The van der Waals surface area contributed by atoms with E-state index >= 15 is 0 Å². The number of anilines is 1. The van der Waals surface area contributed by atoms with Gasteiger partial charge >= 0.3 is 11.9 Å². The van der Waals surface area contributed by atoms with Gasteiger partial charge < -0.3 is 25.0 Å². The second kappa shape index (κ2) is 6.78. The number of carbonyl (C=O) groups is 3. The Balaban J connectivity index is 3.13. The number of ether oxygens (including phenoxy) is 1. The highest BCUT2D eigenvalue weighted by atomic mass is 16.5. The van der Waals surface area contributed by atoms with Gasteiger partial charge in [-0.05, 0) is 19.9 Å². The summed E-state index contributed by atoms with van der Waals surface area (Å²) in [6.45, 7) is 3.48. The average molecular weight is 297 g/mol. The largest absolute Gasteiger partial charge is 0.477 e. The van der Waals surface area contributed by atoms with Gasteiger partial charge in [0.25, 0.3) is 5.91 Å². The van der Waals surface area contributed by atoms with Crippen LogP contribution in [0.2, 0.25) is 0 Å². The van der Waals surface area contributed by atoms with Crippen LogP contribution in [0.5, 0.6) is 0 Å². The van der Waals surface area contributed by atoms with Crippen LogP contribution < -0.4 is 10.2 Å². The van der Waals surface area contributed by atoms with Crippen molar-refractivity contribution in [1.29, 1.82) is 0 Å². The van der Waals surface area contributed by atoms with Gasteiger partial charge in [0.1, 0.15) is 17.9 Å². The molecule has 0 saturated carbocycles. The number of esters is 1. The number of carboxylic acids is 1. The second-order valence-corrected chi connectivity index (χ2v) is 4.81. The highest BCUT2D eigenvalue weighted by molar-refractivity contribution is 6.01. The molecule has 21 heavy (non-hydrogen) atoms. The third-order valence-corrected chi connectivity index (χ3v) is 2.68. The minimum absolute atomic E-state index is 0.0903. The van der Waals surface area contributed by atoms with Gasteiger partial charge in [-0.3, -0.25) is 9.59 Å². The van der Waals surface area contributed by atoms with E-state index in [4.69, 9.17) is 5.11 Å². The summed E-state index contributed by atoms with van der Waals surface area (Å²) in [6.07, 6.45) is 0. The summed E-state index contributed by atoms with van der Waals surface area (Å²) in [7, 11) is 2.82. The van der Waals surface area contributed by atoms with Gasteiger partial charge in [0.2, 0.25) is 0 Å². The van der Waals surface area contributed by atoms with Gasteiger partial charge in [0.15, 0.2) is 0 Å². The molecular formula is C13H19N3O5. The van der Waals surface area contributed by atoms with Crippen molar-refractivity contribution in [2.75, 3.05) is 25.6 Å². The smallest absolute Gasteiger partial charge is 0.352 e. The Labute approximate surface area is 122 Å². The van der Waals surface area contributed by atoms with Crippen molar-refractivity contribution in [2.45, 2.75) is 19.9 Å². The molecule has 1 rings (SSSR count). The molecule has 0 atom stereocenters. The molecule has 8 heteroatoms. The van der Waals surface area contributed by atoms with Gasteiger partial charge in [-0.25, -0.2) is 4.79 Å². The minimum Gasteiger partial charge on any atom is -0.477 e. The number of aromatic amines is 1. The van der Waals surface area contributed by atoms with Crippen LogP contribution in [-0.2, 0) is 9.53 Å². The third-order valence-electron chi connectivity index (χ3n) is 2.68. The Kier molecular flexibility index (Phi) is 5.34. The highest BCUT2D eigenvalue weighted by Gasteiger charge is 2.22. The number of carbonyl (C=O) groups excluding carboxylic acids is 2. The first-order chi connectivity index (χ1) is 9.76. The topological polar surface area (TPSA) is 112 Å². The van der Waals surface area contributed by atoms with Crippen molar-refractivity contribution in [3.63, 3.8) is 0 Å². The standard InChI is InChI=1S/C13H19N3O5/c1-7(2)14-12(18)11-9(5-8(15-11)13(19)20)16(3)6-10(17)21-4/h5,7,15H,6H2,1-4H3,(H,14,18)(H,19,20). The van der Waals surface area contributed by atoms with Crippen molar-refractivity contribution in [2.24, 2.45) is 0 Å². The quantitative estimate of drug-likeness (QED) is 0.658. The van der Waals surface area contributed by atoms with E-state index in [2.05, 4.69) is 15.0 Å². The van der Waals surface area contributed by atoms with E-state index in [0.29, 0.717) is 5.69 Å². The number of carboxylic acid groups (broad SMARTS) is 1. The van der Waals surface area contributed by atoms with Crippen molar-refractivity contribution >= 4 is 23.5 Å². The van der Waals surface area contributed by atoms with E-state index < -0.39 is 17.8 Å². The summed E-state index contributed by atoms with van der Waals surface area (Å²) in [5.41, 5.74) is 0.277. The van der Waals surface area contributed by atoms with Crippen molar-refractivity contribution in [3.8, 4) is 0 Å². The molecule has 0 unspecified atom stereocenters. The van der Waals surface area contributed by atoms with Gasteiger partial charge in [0.05, 0.1) is 12.8 Å². The number of aromatic nitrogens is 1. The lowest BCUT2D eigenvalue weighted by atomic mass is 10.2. The van der Waals surface area contributed by atoms with E-state index in [9.17, 15) is 14.4 Å². The molecule has 8 nitrogen and oxygen atoms in total. The first-order valence-corrected chi connectivity index (χ1v) is 6.31. The number of nitrogens with zero attached hydrogens (tertiary/aromatic N) is 1. The summed E-state index contributed by atoms with van der Waals surface area (Å²) < 4.78 is 4.55. The summed E-state index contributed by atoms with van der Waals surface area (Å²) >= 11 is 0. The zero-order valence-corrected chi connectivity index (χ0v) is 12.4. The summed E-state index contributed by atoms with van der Waals surface area (Å²) in [5, 5.41) is 11.7. The van der Waals surface area contributed by atoms with E-state index in [1.807, 2.05) is 0 Å². The SMILES string of the molecule is COC(=O)CN(C)c1cc(C(=O)O)[nH]c1C(=O)NC(C)C. The Morgan fingerprint density at radius 2 is 2.05 bits per heavy atom. The number of aromatic carboxylic acids is 1. The Bertz CT molecular complexity index is 550. The van der Waals surface area contributed by atoms with Gasteiger partial charge in [-0.15, -0.1) is 0 Å². The molecule has 1 aromatic rings. The van der Waals surface area contributed by atoms with Crippen molar-refractivity contribution < 1.29 is 24.2 Å². The summed E-state index contributed by atoms with van der Waals surface area (Å²) in [4.78, 5) is 38.4. The van der Waals surface area contributed by atoms with Crippen molar-refractivity contribution in [1.82, 2.24) is 10.3 Å². The zero-order chi connectivity index (χ0) is 16.2. The number of H-pyrrole nitrogens is 1. The molecule has 1 heterocycles. The van der Waals surface area contributed by atoms with E-state index in [-0.39, 0.29) is 24.0 Å². The molecule has 0 aliphatic rings. The molecular weight excluding hydrogens is 278 g/mol. The predicted molar refractivity (Wildman–Crippen MR) is 75.6 cm³/mol. The monoisotopic (exact) mass is 297 g/mol. The van der Waals surface area contributed by atoms with Gasteiger partial charge in [-0.1, -0.05) is 0 Å². The molecule has 1 aromatic heterocycles. The second-order valence-electron chi connectivity index (χ2n) is 4.81. The first kappa shape index (κ1) is 16.5. The lowest BCUT2D eigenvalue weighted by Gasteiger charge is -2.18. The molecule has 1 amide bonds. The maximum atomic E-state index is 12.1. The van der Waals surface area contributed by atoms with Crippen LogP contribution in [0.3, 0.4) is 0 Å². The van der Waals surface area contributed by atoms with Crippen LogP contribution in [0.1, 0.15) is 34.8 Å². The molecule has 0 fully saturated rings. The molecule has 116 valence electrons. The molecule has 0 aromatic carbocycles. The molecule has 0 saturated heterocycles. The maximum absolute atomic E-state index is 12.1. The summed E-state index contributed by atoms with van der Waals surface area (Å²) in [6, 6.07) is 1.20. The third kappa shape index (κ3) is 4.23. The molecule has 3 N–H and O–H groups in total. The number of likely N-dealkylation sites (N-methyl/N-ethyl adjacent to an activating group) is 1. The number of hydrogen-bond donors (Lipinski definition) is 3. The Morgan fingerprint density at radius 1 is 1.43 bits per heavy atom. The predicted octanol–water partition coefficient (Wildman–Crippen LogP) is 0.460. The zero-order valence-electron chi connectivity index (χ0n) is 12.4. The number of nitrogens with one attached hydrogen (secondary N) is 2. The molecule has 0 aliphatic heterocycles. The first-order valence-electron chi connectivity index (χ1n) is 6.31. The van der Waals surface area contributed by atoms with Crippen LogP contribution in [0.15, 0.2) is 6.07 Å². The van der Waals surface area contributed by atoms with E-state index in [1.165, 1.54) is 18.1 Å². The molecule has 0 radical (unpaired) electrons. The fourth-order valence-corrected chi connectivity index (χ4v) is 1.71.